The average molecular weight is 292 g/mol. The van der Waals surface area contributed by atoms with Gasteiger partial charge in [-0.05, 0) is 37.4 Å². The molecule has 1 N–H and O–H groups in total. The number of aromatic nitrogens is 4. The molecule has 5 heteroatoms. The number of aromatic amines is 1. The highest BCUT2D eigenvalue weighted by Gasteiger charge is 2.26. The molecule has 0 spiro atoms. The molecule has 0 bridgehead atoms. The van der Waals surface area contributed by atoms with Gasteiger partial charge in [-0.15, -0.1) is 0 Å². The van der Waals surface area contributed by atoms with Crippen molar-refractivity contribution in [3.8, 4) is 0 Å². The van der Waals surface area contributed by atoms with Gasteiger partial charge in [0.25, 0.3) is 0 Å². The fourth-order valence-electron chi connectivity index (χ4n) is 3.65. The lowest BCUT2D eigenvalue weighted by Crippen LogP contribution is -2.17. The number of rotatable bonds is 2. The Morgan fingerprint density at radius 3 is 2.80 bits per heavy atom. The maximum Gasteiger partial charge on any atom is 0.179 e. The Bertz CT molecular complexity index is 663. The number of hydrogen-bond acceptors (Lipinski definition) is 2. The largest absolute Gasteiger partial charge is 0.328 e. The van der Waals surface area contributed by atoms with E-state index < -0.39 is 0 Å². The summed E-state index contributed by atoms with van der Waals surface area (Å²) in [5.41, 5.74) is 3.43. The van der Waals surface area contributed by atoms with E-state index in [1.54, 1.807) is 0 Å². The topological polar surface area (TPSA) is 38.5 Å². The predicted molar refractivity (Wildman–Crippen MR) is 84.6 cm³/mol. The molecule has 0 aliphatic heterocycles. The zero-order valence-corrected chi connectivity index (χ0v) is 13.5. The van der Waals surface area contributed by atoms with Crippen molar-refractivity contribution >= 4 is 23.4 Å². The van der Waals surface area contributed by atoms with Crippen LogP contribution in [0.2, 0.25) is 0 Å². The minimum atomic E-state index is 0.513. The first-order valence-corrected chi connectivity index (χ1v) is 8.20. The second kappa shape index (κ2) is 5.35. The van der Waals surface area contributed by atoms with Crippen LogP contribution in [-0.4, -0.2) is 19.3 Å². The third kappa shape index (κ3) is 2.12. The Hall–Kier alpha value is -1.10. The molecule has 1 aliphatic rings. The minimum absolute atomic E-state index is 0.513. The summed E-state index contributed by atoms with van der Waals surface area (Å²) in [4.78, 5) is 3.40. The SMILES string of the molecule is CCc1nn(C)c2c1[nH]c(=S)n2C1CCCCCC1C. The first kappa shape index (κ1) is 13.9. The highest BCUT2D eigenvalue weighted by molar-refractivity contribution is 7.71. The molecule has 2 aromatic rings. The van der Waals surface area contributed by atoms with Gasteiger partial charge in [-0.1, -0.05) is 33.1 Å². The summed E-state index contributed by atoms with van der Waals surface area (Å²) in [6.07, 6.45) is 7.49. The van der Waals surface area contributed by atoms with Crippen LogP contribution in [0.5, 0.6) is 0 Å². The molecule has 2 aromatic heterocycles. The Kier molecular flexibility index (Phi) is 3.71. The van der Waals surface area contributed by atoms with Gasteiger partial charge in [0.1, 0.15) is 5.52 Å². The van der Waals surface area contributed by atoms with Gasteiger partial charge < -0.3 is 4.98 Å². The molecule has 20 heavy (non-hydrogen) atoms. The minimum Gasteiger partial charge on any atom is -0.328 e. The second-order valence-corrected chi connectivity index (χ2v) is 6.49. The van der Waals surface area contributed by atoms with Crippen LogP contribution >= 0.6 is 12.2 Å². The molecule has 0 saturated heterocycles. The Balaban J connectivity index is 2.17. The standard InChI is InChI=1S/C15H24N4S/c1-4-11-13-14(18(3)17-11)19(15(20)16-13)12-9-7-5-6-8-10(12)2/h10,12H,4-9H2,1-3H3,(H,16,20). The van der Waals surface area contributed by atoms with Crippen LogP contribution in [-0.2, 0) is 13.5 Å². The molecule has 110 valence electrons. The predicted octanol–water partition coefficient (Wildman–Crippen LogP) is 4.14. The highest BCUT2D eigenvalue weighted by atomic mass is 32.1. The summed E-state index contributed by atoms with van der Waals surface area (Å²) in [6.45, 7) is 4.51. The van der Waals surface area contributed by atoms with E-state index >= 15 is 0 Å². The maximum atomic E-state index is 5.62. The van der Waals surface area contributed by atoms with Crippen LogP contribution in [0.3, 0.4) is 0 Å². The summed E-state index contributed by atoms with van der Waals surface area (Å²) < 4.78 is 5.20. The van der Waals surface area contributed by atoms with Crippen LogP contribution in [0.4, 0.5) is 0 Å². The van der Waals surface area contributed by atoms with Crippen molar-refractivity contribution in [3.63, 3.8) is 0 Å². The first-order chi connectivity index (χ1) is 9.63. The van der Waals surface area contributed by atoms with Crippen molar-refractivity contribution in [2.75, 3.05) is 0 Å². The van der Waals surface area contributed by atoms with Crippen LogP contribution in [0, 0.1) is 10.7 Å². The molecule has 3 rings (SSSR count). The molecule has 0 amide bonds. The normalized spacial score (nSPS) is 24.1. The van der Waals surface area contributed by atoms with E-state index in [0.717, 1.165) is 22.4 Å². The van der Waals surface area contributed by atoms with Gasteiger partial charge >= 0.3 is 0 Å². The number of hydrogen-bond donors (Lipinski definition) is 1. The van der Waals surface area contributed by atoms with Crippen molar-refractivity contribution in [3.05, 3.63) is 10.5 Å². The third-order valence-electron chi connectivity index (χ3n) is 4.75. The van der Waals surface area contributed by atoms with Gasteiger partial charge in [-0.25, -0.2) is 0 Å². The van der Waals surface area contributed by atoms with E-state index in [1.165, 1.54) is 37.8 Å². The molecule has 4 nitrogen and oxygen atoms in total. The van der Waals surface area contributed by atoms with Crippen molar-refractivity contribution in [1.29, 1.82) is 0 Å². The molecule has 2 unspecified atom stereocenters. The summed E-state index contributed by atoms with van der Waals surface area (Å²) in [5.74, 6) is 0.683. The van der Waals surface area contributed by atoms with Gasteiger partial charge in [0.15, 0.2) is 10.4 Å². The summed E-state index contributed by atoms with van der Waals surface area (Å²) in [6, 6.07) is 0.513. The van der Waals surface area contributed by atoms with Crippen molar-refractivity contribution in [1.82, 2.24) is 19.3 Å². The van der Waals surface area contributed by atoms with E-state index in [2.05, 4.69) is 28.5 Å². The lowest BCUT2D eigenvalue weighted by atomic mass is 9.97. The van der Waals surface area contributed by atoms with Crippen molar-refractivity contribution in [2.24, 2.45) is 13.0 Å². The molecule has 0 radical (unpaired) electrons. The summed E-state index contributed by atoms with van der Waals surface area (Å²) in [7, 11) is 2.03. The van der Waals surface area contributed by atoms with E-state index in [0.29, 0.717) is 12.0 Å². The van der Waals surface area contributed by atoms with Crippen molar-refractivity contribution < 1.29 is 0 Å². The molecule has 2 atom stereocenters. The van der Waals surface area contributed by atoms with Crippen LogP contribution < -0.4 is 0 Å². The Labute approximate surface area is 125 Å². The maximum absolute atomic E-state index is 5.62. The van der Waals surface area contributed by atoms with Gasteiger partial charge in [-0.3, -0.25) is 9.25 Å². The molecule has 0 aromatic carbocycles. The molecule has 1 saturated carbocycles. The van der Waals surface area contributed by atoms with E-state index in [1.807, 2.05) is 11.7 Å². The van der Waals surface area contributed by atoms with E-state index in [4.69, 9.17) is 12.2 Å². The quantitative estimate of drug-likeness (QED) is 0.667. The van der Waals surface area contributed by atoms with Gasteiger partial charge in [0.05, 0.1) is 5.69 Å². The zero-order valence-electron chi connectivity index (χ0n) is 12.6. The molecule has 1 aliphatic carbocycles. The fourth-order valence-corrected chi connectivity index (χ4v) is 3.97. The molecule has 2 heterocycles. The molecule has 1 fully saturated rings. The molecular formula is C15H24N4S. The summed E-state index contributed by atoms with van der Waals surface area (Å²) in [5, 5.41) is 4.63. The van der Waals surface area contributed by atoms with Gasteiger partial charge in [0.2, 0.25) is 0 Å². The number of imidazole rings is 1. The zero-order chi connectivity index (χ0) is 14.3. The second-order valence-electron chi connectivity index (χ2n) is 6.11. The molecular weight excluding hydrogens is 268 g/mol. The summed E-state index contributed by atoms with van der Waals surface area (Å²) >= 11 is 5.62. The fraction of sp³-hybridized carbons (Fsp3) is 0.733. The van der Waals surface area contributed by atoms with Gasteiger partial charge in [0, 0.05) is 13.1 Å². The van der Waals surface area contributed by atoms with Crippen LogP contribution in [0.15, 0.2) is 0 Å². The Morgan fingerprint density at radius 1 is 1.30 bits per heavy atom. The van der Waals surface area contributed by atoms with Crippen LogP contribution in [0.1, 0.15) is 57.7 Å². The number of nitrogens with one attached hydrogen (secondary N) is 1. The number of nitrogens with zero attached hydrogens (tertiary/aromatic N) is 3. The Morgan fingerprint density at radius 2 is 2.05 bits per heavy atom. The van der Waals surface area contributed by atoms with Crippen molar-refractivity contribution in [2.45, 2.75) is 58.4 Å². The monoisotopic (exact) mass is 292 g/mol. The lowest BCUT2D eigenvalue weighted by Gasteiger charge is -2.23. The lowest BCUT2D eigenvalue weighted by molar-refractivity contribution is 0.334. The van der Waals surface area contributed by atoms with E-state index in [-0.39, 0.29) is 0 Å². The highest BCUT2D eigenvalue weighted by Crippen LogP contribution is 2.35. The number of aryl methyl sites for hydroxylation is 2. The van der Waals surface area contributed by atoms with Crippen LogP contribution in [0.25, 0.3) is 11.2 Å². The third-order valence-corrected chi connectivity index (χ3v) is 5.05. The van der Waals surface area contributed by atoms with Gasteiger partial charge in [-0.2, -0.15) is 5.10 Å². The smallest absolute Gasteiger partial charge is 0.179 e. The number of H-pyrrole nitrogens is 1. The first-order valence-electron chi connectivity index (χ1n) is 7.79. The number of fused-ring (bicyclic) bond motifs is 1. The average Bonchev–Trinajstić information content (AvgIpc) is 2.81. The van der Waals surface area contributed by atoms with E-state index in [9.17, 15) is 0 Å².